The van der Waals surface area contributed by atoms with Crippen LogP contribution in [0.15, 0.2) is 52.7 Å². The Bertz CT molecular complexity index is 1130. The summed E-state index contributed by atoms with van der Waals surface area (Å²) in [6.07, 6.45) is 0. The maximum absolute atomic E-state index is 12.9. The van der Waals surface area contributed by atoms with Crippen LogP contribution in [-0.2, 0) is 10.5 Å². The van der Waals surface area contributed by atoms with Crippen molar-refractivity contribution in [3.05, 3.63) is 64.1 Å². The summed E-state index contributed by atoms with van der Waals surface area (Å²) in [6, 6.07) is 12.7. The van der Waals surface area contributed by atoms with Gasteiger partial charge in [0.1, 0.15) is 19.8 Å². The van der Waals surface area contributed by atoms with E-state index in [0.717, 1.165) is 21.3 Å². The highest BCUT2D eigenvalue weighted by Crippen LogP contribution is 2.32. The zero-order valence-electron chi connectivity index (χ0n) is 18.5. The molecule has 2 aromatic carbocycles. The summed E-state index contributed by atoms with van der Waals surface area (Å²) in [5.41, 5.74) is 2.21. The van der Waals surface area contributed by atoms with Crippen LogP contribution < -0.4 is 14.8 Å². The van der Waals surface area contributed by atoms with Crippen LogP contribution in [-0.4, -0.2) is 48.0 Å². The van der Waals surface area contributed by atoms with Crippen LogP contribution in [0.1, 0.15) is 28.0 Å². The maximum atomic E-state index is 12.9. The number of thioether (sulfide) groups is 1. The van der Waals surface area contributed by atoms with Crippen molar-refractivity contribution in [3.8, 4) is 11.5 Å². The molecule has 9 heteroatoms. The van der Waals surface area contributed by atoms with Crippen LogP contribution in [0.3, 0.4) is 0 Å². The molecule has 1 aromatic heterocycles. The highest BCUT2D eigenvalue weighted by Gasteiger charge is 2.18. The summed E-state index contributed by atoms with van der Waals surface area (Å²) < 4.78 is 11.0. The van der Waals surface area contributed by atoms with E-state index >= 15 is 0 Å². The second kappa shape index (κ2) is 10.7. The summed E-state index contributed by atoms with van der Waals surface area (Å²) in [5.74, 6) is 1.60. The Balaban J connectivity index is 1.32. The molecule has 2 amide bonds. The zero-order chi connectivity index (χ0) is 23.2. The van der Waals surface area contributed by atoms with Crippen molar-refractivity contribution in [2.24, 2.45) is 0 Å². The lowest BCUT2D eigenvalue weighted by Crippen LogP contribution is -2.37. The van der Waals surface area contributed by atoms with Gasteiger partial charge < -0.3 is 19.7 Å². The standard InChI is InChI=1S/C24H25N3O4S2/c1-3-27(13-23(28)26-18-6-9-21-22(12-18)31-11-10-30-21)24(29)17-4-7-20(8-5-17)33-15-19-14-32-16(2)25-19/h4-9,12,14H,3,10-11,13,15H2,1-2H3,(H,26,28). The minimum absolute atomic E-state index is 0.0382. The highest BCUT2D eigenvalue weighted by molar-refractivity contribution is 7.98. The number of nitrogens with one attached hydrogen (secondary N) is 1. The third kappa shape index (κ3) is 6.06. The Hall–Kier alpha value is -3.04. The molecule has 3 aromatic rings. The summed E-state index contributed by atoms with van der Waals surface area (Å²) in [7, 11) is 0. The van der Waals surface area contributed by atoms with Crippen LogP contribution in [0, 0.1) is 6.92 Å². The average Bonchev–Trinajstić information content (AvgIpc) is 3.26. The number of nitrogens with zero attached hydrogens (tertiary/aromatic N) is 2. The van der Waals surface area contributed by atoms with Gasteiger partial charge in [-0.15, -0.1) is 23.1 Å². The van der Waals surface area contributed by atoms with Crippen LogP contribution in [0.4, 0.5) is 5.69 Å². The molecule has 0 aliphatic carbocycles. The molecule has 0 atom stereocenters. The SMILES string of the molecule is CCN(CC(=O)Nc1ccc2c(c1)OCCO2)C(=O)c1ccc(SCc2csc(C)n2)cc1. The molecule has 0 radical (unpaired) electrons. The van der Waals surface area contributed by atoms with Crippen molar-refractivity contribution in [1.29, 1.82) is 0 Å². The van der Waals surface area contributed by atoms with Crippen LogP contribution in [0.25, 0.3) is 0 Å². The number of rotatable bonds is 8. The van der Waals surface area contributed by atoms with E-state index in [-0.39, 0.29) is 18.4 Å². The molecule has 0 spiro atoms. The Kier molecular flexibility index (Phi) is 7.51. The fraction of sp³-hybridized carbons (Fsp3) is 0.292. The highest BCUT2D eigenvalue weighted by atomic mass is 32.2. The minimum Gasteiger partial charge on any atom is -0.486 e. The van der Waals surface area contributed by atoms with Gasteiger partial charge in [0.05, 0.1) is 10.7 Å². The van der Waals surface area contributed by atoms with Crippen LogP contribution in [0.5, 0.6) is 11.5 Å². The Labute approximate surface area is 201 Å². The molecule has 0 fully saturated rings. The third-order valence-electron chi connectivity index (χ3n) is 4.98. The van der Waals surface area contributed by atoms with Gasteiger partial charge in [-0.05, 0) is 50.2 Å². The molecule has 0 unspecified atom stereocenters. The van der Waals surface area contributed by atoms with E-state index in [9.17, 15) is 9.59 Å². The van der Waals surface area contributed by atoms with E-state index in [1.165, 1.54) is 4.90 Å². The van der Waals surface area contributed by atoms with Crippen molar-refractivity contribution >= 4 is 40.6 Å². The first-order valence-electron chi connectivity index (χ1n) is 10.6. The number of aromatic nitrogens is 1. The quantitative estimate of drug-likeness (QED) is 0.471. The second-order valence-electron chi connectivity index (χ2n) is 7.40. The average molecular weight is 484 g/mol. The van der Waals surface area contributed by atoms with Crippen molar-refractivity contribution in [2.75, 3.05) is 31.6 Å². The number of hydrogen-bond acceptors (Lipinski definition) is 7. The van der Waals surface area contributed by atoms with Gasteiger partial charge in [-0.2, -0.15) is 0 Å². The normalized spacial score (nSPS) is 12.3. The molecule has 33 heavy (non-hydrogen) atoms. The fourth-order valence-corrected chi connectivity index (χ4v) is 4.84. The number of thiazole rings is 1. The summed E-state index contributed by atoms with van der Waals surface area (Å²) >= 11 is 3.32. The molecular weight excluding hydrogens is 458 g/mol. The first kappa shape index (κ1) is 23.1. The Morgan fingerprint density at radius 1 is 1.12 bits per heavy atom. The zero-order valence-corrected chi connectivity index (χ0v) is 20.1. The molecule has 1 N–H and O–H groups in total. The minimum atomic E-state index is -0.271. The van der Waals surface area contributed by atoms with E-state index in [4.69, 9.17) is 9.47 Å². The molecule has 2 heterocycles. The lowest BCUT2D eigenvalue weighted by molar-refractivity contribution is -0.116. The van der Waals surface area contributed by atoms with Crippen molar-refractivity contribution in [2.45, 2.75) is 24.5 Å². The monoisotopic (exact) mass is 483 g/mol. The van der Waals surface area contributed by atoms with E-state index in [1.807, 2.05) is 26.0 Å². The smallest absolute Gasteiger partial charge is 0.254 e. The number of amides is 2. The number of carbonyl (C=O) groups excluding carboxylic acids is 2. The molecule has 1 aliphatic heterocycles. The number of ether oxygens (including phenoxy) is 2. The number of anilines is 1. The van der Waals surface area contributed by atoms with Gasteiger partial charge in [0.25, 0.3) is 5.91 Å². The lowest BCUT2D eigenvalue weighted by atomic mass is 10.2. The molecule has 172 valence electrons. The summed E-state index contributed by atoms with van der Waals surface area (Å²) in [6.45, 7) is 5.23. The van der Waals surface area contributed by atoms with Gasteiger partial charge in [-0.3, -0.25) is 9.59 Å². The van der Waals surface area contributed by atoms with Gasteiger partial charge >= 0.3 is 0 Å². The predicted octanol–water partition coefficient (Wildman–Crippen LogP) is 4.62. The fourth-order valence-electron chi connectivity index (χ4n) is 3.33. The van der Waals surface area contributed by atoms with Crippen LogP contribution >= 0.6 is 23.1 Å². The number of fused-ring (bicyclic) bond motifs is 1. The molecule has 0 saturated carbocycles. The molecular formula is C24H25N3O4S2. The van der Waals surface area contributed by atoms with Gasteiger partial charge in [0.15, 0.2) is 11.5 Å². The van der Waals surface area contributed by atoms with Crippen molar-refractivity contribution in [1.82, 2.24) is 9.88 Å². The summed E-state index contributed by atoms with van der Waals surface area (Å²) in [4.78, 5) is 32.6. The largest absolute Gasteiger partial charge is 0.486 e. The van der Waals surface area contributed by atoms with Gasteiger partial charge in [-0.1, -0.05) is 0 Å². The maximum Gasteiger partial charge on any atom is 0.254 e. The predicted molar refractivity (Wildman–Crippen MR) is 130 cm³/mol. The molecule has 4 rings (SSSR count). The first-order chi connectivity index (χ1) is 16.0. The van der Waals surface area contributed by atoms with E-state index < -0.39 is 0 Å². The number of aryl methyl sites for hydroxylation is 1. The van der Waals surface area contributed by atoms with Crippen LogP contribution in [0.2, 0.25) is 0 Å². The van der Waals surface area contributed by atoms with E-state index in [1.54, 1.807) is 53.4 Å². The van der Waals surface area contributed by atoms with E-state index in [2.05, 4.69) is 15.7 Å². The second-order valence-corrected chi connectivity index (χ2v) is 9.51. The molecule has 7 nitrogen and oxygen atoms in total. The number of benzene rings is 2. The van der Waals surface area contributed by atoms with E-state index in [0.29, 0.717) is 42.5 Å². The van der Waals surface area contributed by atoms with Gasteiger partial charge in [0, 0.05) is 39.9 Å². The van der Waals surface area contributed by atoms with Gasteiger partial charge in [-0.25, -0.2) is 4.98 Å². The Morgan fingerprint density at radius 2 is 1.88 bits per heavy atom. The Morgan fingerprint density at radius 3 is 2.58 bits per heavy atom. The molecule has 0 saturated heterocycles. The first-order valence-corrected chi connectivity index (χ1v) is 12.5. The molecule has 1 aliphatic rings. The number of carbonyl (C=O) groups is 2. The van der Waals surface area contributed by atoms with Crippen molar-refractivity contribution in [3.63, 3.8) is 0 Å². The lowest BCUT2D eigenvalue weighted by Gasteiger charge is -2.21. The number of hydrogen-bond donors (Lipinski definition) is 1. The topological polar surface area (TPSA) is 80.8 Å². The number of likely N-dealkylation sites (N-methyl/N-ethyl adjacent to an activating group) is 1. The van der Waals surface area contributed by atoms with Crippen molar-refractivity contribution < 1.29 is 19.1 Å². The molecule has 0 bridgehead atoms. The summed E-state index contributed by atoms with van der Waals surface area (Å²) in [5, 5.41) is 5.95. The van der Waals surface area contributed by atoms with Gasteiger partial charge in [0.2, 0.25) is 5.91 Å². The third-order valence-corrected chi connectivity index (χ3v) is 6.85.